The molecule has 0 fully saturated rings. The lowest BCUT2D eigenvalue weighted by Crippen LogP contribution is -2.37. The van der Waals surface area contributed by atoms with E-state index in [0.29, 0.717) is 33.0 Å². The van der Waals surface area contributed by atoms with Crippen LogP contribution in [-0.2, 0) is 0 Å². The zero-order valence-corrected chi connectivity index (χ0v) is 22.1. The molecule has 164 valence electrons. The minimum atomic E-state index is -0.318. The van der Waals surface area contributed by atoms with Crippen molar-refractivity contribution in [2.75, 3.05) is 14.1 Å². The van der Waals surface area contributed by atoms with Crippen LogP contribution >= 0.6 is 45.2 Å². The van der Waals surface area contributed by atoms with E-state index < -0.39 is 0 Å². The lowest BCUT2D eigenvalue weighted by Gasteiger charge is -2.28. The average Bonchev–Trinajstić information content (AvgIpc) is 2.83. The van der Waals surface area contributed by atoms with Crippen molar-refractivity contribution in [3.8, 4) is 0 Å². The van der Waals surface area contributed by atoms with Crippen molar-refractivity contribution in [1.29, 1.82) is 0 Å². The van der Waals surface area contributed by atoms with E-state index in [1.54, 1.807) is 12.1 Å². The van der Waals surface area contributed by atoms with Gasteiger partial charge in [0.25, 0.3) is 23.6 Å². The van der Waals surface area contributed by atoms with Gasteiger partial charge in [-0.25, -0.2) is 0 Å². The highest BCUT2D eigenvalue weighted by molar-refractivity contribution is 14.1. The molecule has 5 aromatic carbocycles. The number of imide groups is 2. The molecule has 0 aromatic heterocycles. The van der Waals surface area contributed by atoms with E-state index in [0.717, 1.165) is 49.3 Å². The number of hydrogen-bond donors (Lipinski definition) is 0. The molecular weight excluding hydrogens is 658 g/mol. The van der Waals surface area contributed by atoms with Crippen LogP contribution in [0.3, 0.4) is 0 Å². The van der Waals surface area contributed by atoms with Crippen molar-refractivity contribution < 1.29 is 19.2 Å². The van der Waals surface area contributed by atoms with Crippen LogP contribution in [-0.4, -0.2) is 47.5 Å². The van der Waals surface area contributed by atoms with Crippen LogP contribution in [0.15, 0.2) is 36.4 Å². The number of carbonyl (C=O) groups is 4. The van der Waals surface area contributed by atoms with Gasteiger partial charge in [-0.2, -0.15) is 0 Å². The predicted octanol–water partition coefficient (Wildman–Crippen LogP) is 5.40. The summed E-state index contributed by atoms with van der Waals surface area (Å²) in [6, 6.07) is 11.1. The van der Waals surface area contributed by atoms with E-state index in [1.165, 1.54) is 14.1 Å². The largest absolute Gasteiger partial charge is 0.277 e. The SMILES string of the molecule is CN1C(=O)c2ccc3c4c(I)cc5c6c(ccc(c7c(I)cc(c2c37)C1=O)c64)C(=O)N(C)C5=O. The molecule has 0 unspecified atom stereocenters. The average molecular weight is 670 g/mol. The number of halogens is 2. The smallest absolute Gasteiger partial charge is 0.261 e. The lowest BCUT2D eigenvalue weighted by molar-refractivity contribution is 0.0635. The third-order valence-electron chi connectivity index (χ3n) is 7.15. The molecule has 0 spiro atoms. The summed E-state index contributed by atoms with van der Waals surface area (Å²) in [5.41, 5.74) is 2.03. The first-order valence-corrected chi connectivity index (χ1v) is 12.6. The van der Waals surface area contributed by atoms with Gasteiger partial charge >= 0.3 is 0 Å². The first kappa shape index (κ1) is 20.5. The van der Waals surface area contributed by atoms with Gasteiger partial charge < -0.3 is 0 Å². The van der Waals surface area contributed by atoms with E-state index in [4.69, 9.17) is 0 Å². The number of carbonyl (C=O) groups excluding carboxylic acids is 4. The third kappa shape index (κ3) is 2.17. The fraction of sp³-hybridized carbons (Fsp3) is 0.0769. The van der Waals surface area contributed by atoms with Gasteiger partial charge in [0.1, 0.15) is 0 Å². The fourth-order valence-corrected chi connectivity index (χ4v) is 7.35. The highest BCUT2D eigenvalue weighted by Gasteiger charge is 2.36. The Balaban J connectivity index is 1.83. The molecule has 7 rings (SSSR count). The summed E-state index contributed by atoms with van der Waals surface area (Å²) in [6.07, 6.45) is 0. The Morgan fingerprint density at radius 1 is 0.500 bits per heavy atom. The van der Waals surface area contributed by atoms with Crippen LogP contribution < -0.4 is 0 Å². The molecule has 2 aliphatic rings. The zero-order valence-electron chi connectivity index (χ0n) is 17.7. The molecule has 0 bridgehead atoms. The first-order valence-electron chi connectivity index (χ1n) is 10.5. The van der Waals surface area contributed by atoms with Crippen molar-refractivity contribution in [3.63, 3.8) is 0 Å². The van der Waals surface area contributed by atoms with Crippen molar-refractivity contribution in [1.82, 2.24) is 9.80 Å². The summed E-state index contributed by atoms with van der Waals surface area (Å²) in [5, 5.41) is 6.72. The highest BCUT2D eigenvalue weighted by Crippen LogP contribution is 2.48. The van der Waals surface area contributed by atoms with E-state index >= 15 is 0 Å². The van der Waals surface area contributed by atoms with Gasteiger partial charge in [-0.15, -0.1) is 0 Å². The van der Waals surface area contributed by atoms with E-state index in [1.807, 2.05) is 24.3 Å². The molecule has 0 saturated carbocycles. The molecule has 6 nitrogen and oxygen atoms in total. The van der Waals surface area contributed by atoms with Gasteiger partial charge in [-0.3, -0.25) is 29.0 Å². The number of benzene rings is 5. The van der Waals surface area contributed by atoms with Crippen LogP contribution in [0.1, 0.15) is 41.4 Å². The van der Waals surface area contributed by atoms with Crippen LogP contribution in [0.25, 0.3) is 43.1 Å². The Kier molecular flexibility index (Phi) is 3.87. The summed E-state index contributed by atoms with van der Waals surface area (Å²) in [6.45, 7) is 0. The Hall–Kier alpha value is -2.86. The quantitative estimate of drug-likeness (QED) is 0.0959. The van der Waals surface area contributed by atoms with Crippen molar-refractivity contribution in [3.05, 3.63) is 65.8 Å². The van der Waals surface area contributed by atoms with E-state index in [2.05, 4.69) is 45.2 Å². The highest BCUT2D eigenvalue weighted by atomic mass is 127. The van der Waals surface area contributed by atoms with Gasteiger partial charge in [-0.05, 0) is 80.2 Å². The minimum absolute atomic E-state index is 0.316. The number of nitrogens with zero attached hydrogens (tertiary/aromatic N) is 2. The Bertz CT molecular complexity index is 1750. The van der Waals surface area contributed by atoms with E-state index in [-0.39, 0.29) is 23.6 Å². The number of amides is 4. The third-order valence-corrected chi connectivity index (χ3v) is 8.85. The van der Waals surface area contributed by atoms with Crippen molar-refractivity contribution in [2.45, 2.75) is 0 Å². The second-order valence-electron chi connectivity index (χ2n) is 8.72. The molecule has 2 aliphatic heterocycles. The van der Waals surface area contributed by atoms with Crippen LogP contribution in [0.5, 0.6) is 0 Å². The molecule has 0 aliphatic carbocycles. The van der Waals surface area contributed by atoms with Crippen molar-refractivity contribution in [2.24, 2.45) is 0 Å². The molecule has 5 aromatic rings. The standard InChI is InChI=1S/C26H12I2N2O4/c1-29-23(31)11-5-3-9-20-16(28)8-14-18-12(24(32)30(2)26(14)34)6-4-10(22(18)20)19-15(27)7-13(25(29)33)17(11)21(9)19/h3-8H,1-2H3. The number of fused-ring (bicyclic) bond motifs is 2. The molecule has 8 heteroatoms. The fourth-order valence-electron chi connectivity index (χ4n) is 5.61. The normalized spacial score (nSPS) is 15.8. The summed E-state index contributed by atoms with van der Waals surface area (Å²) in [4.78, 5) is 54.4. The van der Waals surface area contributed by atoms with Gasteiger partial charge in [0, 0.05) is 75.8 Å². The monoisotopic (exact) mass is 670 g/mol. The summed E-state index contributed by atoms with van der Waals surface area (Å²) in [5.74, 6) is -1.27. The second kappa shape index (κ2) is 6.42. The van der Waals surface area contributed by atoms with Crippen LogP contribution in [0.4, 0.5) is 0 Å². The molecule has 0 atom stereocenters. The molecule has 4 amide bonds. The zero-order chi connectivity index (χ0) is 23.8. The molecule has 0 N–H and O–H groups in total. The maximum atomic E-state index is 13.1. The molecule has 0 saturated heterocycles. The first-order chi connectivity index (χ1) is 16.2. The maximum Gasteiger partial charge on any atom is 0.261 e. The van der Waals surface area contributed by atoms with Crippen LogP contribution in [0, 0.1) is 7.14 Å². The number of hydrogen-bond acceptors (Lipinski definition) is 4. The lowest BCUT2D eigenvalue weighted by atomic mass is 9.82. The van der Waals surface area contributed by atoms with Gasteiger partial charge in [0.05, 0.1) is 0 Å². The molecule has 0 radical (unpaired) electrons. The second-order valence-corrected chi connectivity index (χ2v) is 11.0. The predicted molar refractivity (Wildman–Crippen MR) is 146 cm³/mol. The van der Waals surface area contributed by atoms with E-state index in [9.17, 15) is 19.2 Å². The van der Waals surface area contributed by atoms with Crippen LogP contribution in [0.2, 0.25) is 0 Å². The minimum Gasteiger partial charge on any atom is -0.277 e. The Labute approximate surface area is 219 Å². The molecular formula is C26H12I2N2O4. The van der Waals surface area contributed by atoms with Crippen molar-refractivity contribution >= 4 is 112 Å². The number of rotatable bonds is 0. The molecule has 34 heavy (non-hydrogen) atoms. The Morgan fingerprint density at radius 3 is 1.24 bits per heavy atom. The topological polar surface area (TPSA) is 74.8 Å². The summed E-state index contributed by atoms with van der Waals surface area (Å²) < 4.78 is 1.75. The Morgan fingerprint density at radius 2 is 0.853 bits per heavy atom. The summed E-state index contributed by atoms with van der Waals surface area (Å²) >= 11 is 4.47. The van der Waals surface area contributed by atoms with Gasteiger partial charge in [0.15, 0.2) is 0 Å². The summed E-state index contributed by atoms with van der Waals surface area (Å²) in [7, 11) is 3.01. The maximum absolute atomic E-state index is 13.1. The molecule has 2 heterocycles. The van der Waals surface area contributed by atoms with Gasteiger partial charge in [-0.1, -0.05) is 12.1 Å². The van der Waals surface area contributed by atoms with Gasteiger partial charge in [0.2, 0.25) is 0 Å².